The van der Waals surface area contributed by atoms with Gasteiger partial charge in [-0.25, -0.2) is 4.98 Å². The molecule has 0 saturated heterocycles. The molecule has 18 heavy (non-hydrogen) atoms. The molecule has 1 heterocycles. The molecule has 1 aromatic heterocycles. The van der Waals surface area contributed by atoms with E-state index in [0.29, 0.717) is 6.04 Å². The first-order chi connectivity index (χ1) is 8.65. The molecule has 0 fully saturated rings. The van der Waals surface area contributed by atoms with Gasteiger partial charge in [-0.05, 0) is 27.2 Å². The highest BCUT2D eigenvalue weighted by atomic mass is 32.1. The highest BCUT2D eigenvalue weighted by molar-refractivity contribution is 7.11. The number of aliphatic imine (C=N–C) groups is 1. The first-order valence-corrected chi connectivity index (χ1v) is 7.45. The molecule has 4 nitrogen and oxygen atoms in total. The van der Waals surface area contributed by atoms with E-state index in [0.717, 1.165) is 31.9 Å². The quantitative estimate of drug-likeness (QED) is 0.614. The average molecular weight is 268 g/mol. The van der Waals surface area contributed by atoms with E-state index in [-0.39, 0.29) is 0 Å². The van der Waals surface area contributed by atoms with Crippen LogP contribution in [-0.2, 0) is 12.8 Å². The second kappa shape index (κ2) is 8.08. The van der Waals surface area contributed by atoms with Crippen molar-refractivity contribution in [2.75, 3.05) is 13.1 Å². The zero-order valence-electron chi connectivity index (χ0n) is 11.8. The Hall–Kier alpha value is -1.10. The van der Waals surface area contributed by atoms with Gasteiger partial charge in [0.25, 0.3) is 0 Å². The Morgan fingerprint density at radius 1 is 1.44 bits per heavy atom. The maximum atomic E-state index is 4.55. The molecule has 0 saturated carbocycles. The smallest absolute Gasteiger partial charge is 0.191 e. The van der Waals surface area contributed by atoms with Crippen molar-refractivity contribution in [2.24, 2.45) is 4.99 Å². The Morgan fingerprint density at radius 3 is 2.78 bits per heavy atom. The summed E-state index contributed by atoms with van der Waals surface area (Å²) in [5.41, 5.74) is 0. The Morgan fingerprint density at radius 2 is 2.22 bits per heavy atom. The SMILES string of the molecule is CCNC(=NCCc1ncc(CC)s1)NC(C)C. The normalized spacial score (nSPS) is 11.9. The third-order valence-electron chi connectivity index (χ3n) is 2.32. The van der Waals surface area contributed by atoms with Crippen LogP contribution < -0.4 is 10.6 Å². The number of rotatable bonds is 6. The number of aryl methyl sites for hydroxylation is 1. The van der Waals surface area contributed by atoms with Gasteiger partial charge >= 0.3 is 0 Å². The van der Waals surface area contributed by atoms with Crippen LogP contribution in [0.4, 0.5) is 0 Å². The number of aromatic nitrogens is 1. The van der Waals surface area contributed by atoms with Crippen LogP contribution >= 0.6 is 11.3 Å². The van der Waals surface area contributed by atoms with E-state index < -0.39 is 0 Å². The highest BCUT2D eigenvalue weighted by Crippen LogP contribution is 2.13. The van der Waals surface area contributed by atoms with Gasteiger partial charge < -0.3 is 10.6 Å². The minimum atomic E-state index is 0.398. The van der Waals surface area contributed by atoms with Crippen molar-refractivity contribution in [1.29, 1.82) is 0 Å². The van der Waals surface area contributed by atoms with Crippen LogP contribution in [0, 0.1) is 0 Å². The summed E-state index contributed by atoms with van der Waals surface area (Å²) in [5.74, 6) is 0.889. The molecule has 0 aliphatic rings. The number of hydrogen-bond acceptors (Lipinski definition) is 3. The van der Waals surface area contributed by atoms with Gasteiger partial charge in [-0.15, -0.1) is 11.3 Å². The summed E-state index contributed by atoms with van der Waals surface area (Å²) >= 11 is 1.79. The van der Waals surface area contributed by atoms with Crippen LogP contribution in [0.15, 0.2) is 11.2 Å². The summed E-state index contributed by atoms with van der Waals surface area (Å²) < 4.78 is 0. The van der Waals surface area contributed by atoms with Gasteiger partial charge in [0.15, 0.2) is 5.96 Å². The minimum Gasteiger partial charge on any atom is -0.357 e. The van der Waals surface area contributed by atoms with Gasteiger partial charge in [0.05, 0.1) is 5.01 Å². The van der Waals surface area contributed by atoms with Crippen LogP contribution in [0.3, 0.4) is 0 Å². The first kappa shape index (κ1) is 15.0. The minimum absolute atomic E-state index is 0.398. The predicted octanol–water partition coefficient (Wildman–Crippen LogP) is 2.21. The Kier molecular flexibility index (Phi) is 6.72. The fourth-order valence-corrected chi connectivity index (χ4v) is 2.34. The standard InChI is InChI=1S/C13H24N4S/c1-5-11-9-16-12(18-11)7-8-15-13(14-6-2)17-10(3)4/h9-10H,5-8H2,1-4H3,(H2,14,15,17). The summed E-state index contributed by atoms with van der Waals surface area (Å²) in [7, 11) is 0. The third-order valence-corrected chi connectivity index (χ3v) is 3.52. The van der Waals surface area contributed by atoms with Crippen LogP contribution in [0.1, 0.15) is 37.6 Å². The third kappa shape index (κ3) is 5.49. The van der Waals surface area contributed by atoms with Crippen LogP contribution in [-0.4, -0.2) is 30.1 Å². The molecular formula is C13H24N4S. The van der Waals surface area contributed by atoms with E-state index in [2.05, 4.69) is 48.3 Å². The molecule has 0 aliphatic heterocycles. The maximum Gasteiger partial charge on any atom is 0.191 e. The number of nitrogens with zero attached hydrogens (tertiary/aromatic N) is 2. The largest absolute Gasteiger partial charge is 0.357 e. The Labute approximate surface area is 114 Å². The summed E-state index contributed by atoms with van der Waals surface area (Å²) in [5, 5.41) is 7.72. The lowest BCUT2D eigenvalue weighted by Gasteiger charge is -2.13. The van der Waals surface area contributed by atoms with E-state index in [1.54, 1.807) is 11.3 Å². The lowest BCUT2D eigenvalue weighted by Crippen LogP contribution is -2.41. The van der Waals surface area contributed by atoms with Gasteiger partial charge in [-0.1, -0.05) is 6.92 Å². The van der Waals surface area contributed by atoms with Gasteiger partial charge in [0.2, 0.25) is 0 Å². The molecular weight excluding hydrogens is 244 g/mol. The molecule has 0 radical (unpaired) electrons. The van der Waals surface area contributed by atoms with Crippen LogP contribution in [0.5, 0.6) is 0 Å². The molecule has 0 atom stereocenters. The number of hydrogen-bond donors (Lipinski definition) is 2. The lowest BCUT2D eigenvalue weighted by atomic mass is 10.4. The summed E-state index contributed by atoms with van der Waals surface area (Å²) in [4.78, 5) is 10.3. The molecule has 0 bridgehead atoms. The number of guanidine groups is 1. The van der Waals surface area contributed by atoms with Gasteiger partial charge in [-0.2, -0.15) is 0 Å². The van der Waals surface area contributed by atoms with E-state index in [9.17, 15) is 0 Å². The molecule has 5 heteroatoms. The van der Waals surface area contributed by atoms with Crippen molar-refractivity contribution in [3.05, 3.63) is 16.1 Å². The second-order valence-electron chi connectivity index (χ2n) is 4.38. The molecule has 1 aromatic rings. The molecule has 0 amide bonds. The van der Waals surface area contributed by atoms with Gasteiger partial charge in [0, 0.05) is 36.6 Å². The fraction of sp³-hybridized carbons (Fsp3) is 0.692. The van der Waals surface area contributed by atoms with Gasteiger partial charge in [0.1, 0.15) is 0 Å². The summed E-state index contributed by atoms with van der Waals surface area (Å²) in [6.45, 7) is 10.1. The average Bonchev–Trinajstić information content (AvgIpc) is 2.76. The highest BCUT2D eigenvalue weighted by Gasteiger charge is 2.02. The van der Waals surface area contributed by atoms with E-state index >= 15 is 0 Å². The monoisotopic (exact) mass is 268 g/mol. The van der Waals surface area contributed by atoms with E-state index in [1.807, 2.05) is 6.20 Å². The van der Waals surface area contributed by atoms with Gasteiger partial charge in [-0.3, -0.25) is 4.99 Å². The molecule has 0 spiro atoms. The number of nitrogens with one attached hydrogen (secondary N) is 2. The second-order valence-corrected chi connectivity index (χ2v) is 5.58. The fourth-order valence-electron chi connectivity index (χ4n) is 1.48. The molecule has 0 aliphatic carbocycles. The van der Waals surface area contributed by atoms with Crippen molar-refractivity contribution < 1.29 is 0 Å². The summed E-state index contributed by atoms with van der Waals surface area (Å²) in [6, 6.07) is 0.398. The van der Waals surface area contributed by atoms with Crippen molar-refractivity contribution in [1.82, 2.24) is 15.6 Å². The van der Waals surface area contributed by atoms with E-state index in [4.69, 9.17) is 0 Å². The summed E-state index contributed by atoms with van der Waals surface area (Å²) in [6.07, 6.45) is 3.96. The van der Waals surface area contributed by atoms with Crippen molar-refractivity contribution in [2.45, 2.75) is 46.6 Å². The van der Waals surface area contributed by atoms with Crippen molar-refractivity contribution >= 4 is 17.3 Å². The molecule has 0 aromatic carbocycles. The van der Waals surface area contributed by atoms with E-state index in [1.165, 1.54) is 9.88 Å². The molecule has 102 valence electrons. The predicted molar refractivity (Wildman–Crippen MR) is 79.4 cm³/mol. The molecule has 0 unspecified atom stereocenters. The maximum absolute atomic E-state index is 4.55. The Bertz CT molecular complexity index is 371. The van der Waals surface area contributed by atoms with Crippen molar-refractivity contribution in [3.8, 4) is 0 Å². The first-order valence-electron chi connectivity index (χ1n) is 6.64. The zero-order chi connectivity index (χ0) is 13.4. The Balaban J connectivity index is 2.44. The number of thiazole rings is 1. The lowest BCUT2D eigenvalue weighted by molar-refractivity contribution is 0.700. The van der Waals surface area contributed by atoms with Crippen LogP contribution in [0.25, 0.3) is 0 Å². The van der Waals surface area contributed by atoms with Crippen molar-refractivity contribution in [3.63, 3.8) is 0 Å². The molecule has 1 rings (SSSR count). The topological polar surface area (TPSA) is 49.3 Å². The molecule has 2 N–H and O–H groups in total. The van der Waals surface area contributed by atoms with Crippen LogP contribution in [0.2, 0.25) is 0 Å². The zero-order valence-corrected chi connectivity index (χ0v) is 12.6.